The molecule has 0 aromatic carbocycles. The van der Waals surface area contributed by atoms with Crippen LogP contribution in [0.4, 0.5) is 0 Å². The van der Waals surface area contributed by atoms with Crippen LogP contribution in [0.3, 0.4) is 0 Å². The van der Waals surface area contributed by atoms with Crippen LogP contribution in [0.1, 0.15) is 19.7 Å². The van der Waals surface area contributed by atoms with Crippen molar-refractivity contribution in [3.63, 3.8) is 0 Å². The van der Waals surface area contributed by atoms with Crippen LogP contribution in [-0.2, 0) is 14.3 Å². The Balaban J connectivity index is 0.000000366. The van der Waals surface area contributed by atoms with Gasteiger partial charge in [0.15, 0.2) is 0 Å². The van der Waals surface area contributed by atoms with E-state index in [9.17, 15) is 9.59 Å². The third kappa shape index (κ3) is 4.53. The molecular formula is C15H19N3O5. The molecule has 0 saturated carbocycles. The molecule has 0 saturated heterocycles. The van der Waals surface area contributed by atoms with Crippen LogP contribution < -0.4 is 0 Å². The first kappa shape index (κ1) is 18.1. The van der Waals surface area contributed by atoms with E-state index in [2.05, 4.69) is 9.97 Å². The Hall–Kier alpha value is -2.90. The molecule has 1 heterocycles. The van der Waals surface area contributed by atoms with E-state index in [1.807, 2.05) is 6.92 Å². The number of hydrogen-bond donors (Lipinski definition) is 4. The predicted octanol–water partition coefficient (Wildman–Crippen LogP) is 1.76. The molecule has 1 atom stereocenters. The average molecular weight is 321 g/mol. The number of nitrogens with one attached hydrogen (secondary N) is 2. The molecule has 8 heteroatoms. The fourth-order valence-electron chi connectivity index (χ4n) is 1.93. The highest BCUT2D eigenvalue weighted by Gasteiger charge is 2.33. The molecule has 0 aliphatic heterocycles. The zero-order chi connectivity index (χ0) is 17.6. The molecule has 1 unspecified atom stereocenters. The van der Waals surface area contributed by atoms with E-state index in [0.717, 1.165) is 11.9 Å². The summed E-state index contributed by atoms with van der Waals surface area (Å²) in [5, 5.41) is 25.6. The van der Waals surface area contributed by atoms with Gasteiger partial charge in [0.1, 0.15) is 17.2 Å². The second-order valence-corrected chi connectivity index (χ2v) is 4.70. The van der Waals surface area contributed by atoms with Gasteiger partial charge in [-0.05, 0) is 19.9 Å². The fourth-order valence-corrected chi connectivity index (χ4v) is 1.93. The van der Waals surface area contributed by atoms with E-state index in [1.165, 1.54) is 6.92 Å². The Kier molecular flexibility index (Phi) is 6.25. The summed E-state index contributed by atoms with van der Waals surface area (Å²) in [4.78, 5) is 28.8. The van der Waals surface area contributed by atoms with E-state index < -0.39 is 17.9 Å². The van der Waals surface area contributed by atoms with Gasteiger partial charge in [-0.3, -0.25) is 0 Å². The highest BCUT2D eigenvalue weighted by molar-refractivity contribution is 6.11. The number of aromatic nitrogens is 2. The largest absolute Gasteiger partial charge is 0.492 e. The lowest BCUT2D eigenvalue weighted by molar-refractivity contribution is -0.133. The Morgan fingerprint density at radius 2 is 2.04 bits per heavy atom. The summed E-state index contributed by atoms with van der Waals surface area (Å²) >= 11 is 0. The molecule has 1 aromatic heterocycles. The number of aromatic amines is 1. The number of hydrogen-bond acceptors (Lipinski definition) is 5. The quantitative estimate of drug-likeness (QED) is 0.667. The molecule has 1 aliphatic carbocycles. The highest BCUT2D eigenvalue weighted by Crippen LogP contribution is 2.29. The second-order valence-electron chi connectivity index (χ2n) is 4.70. The summed E-state index contributed by atoms with van der Waals surface area (Å²) in [5.74, 6) is -2.44. The predicted molar refractivity (Wildman–Crippen MR) is 82.2 cm³/mol. The number of carbonyl (C=O) groups is 2. The lowest BCUT2D eigenvalue weighted by Crippen LogP contribution is -2.27. The number of imidazole rings is 1. The minimum Gasteiger partial charge on any atom is -0.492 e. The van der Waals surface area contributed by atoms with Crippen molar-refractivity contribution in [2.45, 2.75) is 20.8 Å². The van der Waals surface area contributed by atoms with E-state index in [4.69, 9.17) is 20.4 Å². The van der Waals surface area contributed by atoms with Crippen molar-refractivity contribution < 1.29 is 24.5 Å². The van der Waals surface area contributed by atoms with Gasteiger partial charge in [0, 0.05) is 24.0 Å². The van der Waals surface area contributed by atoms with Gasteiger partial charge in [-0.15, -0.1) is 0 Å². The van der Waals surface area contributed by atoms with Gasteiger partial charge in [-0.2, -0.15) is 0 Å². The molecule has 0 spiro atoms. The average Bonchev–Trinajstić information content (AvgIpc) is 2.94. The third-order valence-electron chi connectivity index (χ3n) is 3.07. The molecule has 23 heavy (non-hydrogen) atoms. The number of aryl methyl sites for hydroxylation is 1. The zero-order valence-electron chi connectivity index (χ0n) is 13.1. The van der Waals surface area contributed by atoms with Gasteiger partial charge >= 0.3 is 11.9 Å². The molecule has 0 bridgehead atoms. The number of carboxylic acids is 2. The van der Waals surface area contributed by atoms with Gasteiger partial charge in [0.25, 0.3) is 0 Å². The Morgan fingerprint density at radius 1 is 1.39 bits per heavy atom. The lowest BCUT2D eigenvalue weighted by atomic mass is 9.86. The summed E-state index contributed by atoms with van der Waals surface area (Å²) in [6.45, 7) is 5.24. The summed E-state index contributed by atoms with van der Waals surface area (Å²) in [6, 6.07) is 0. The van der Waals surface area contributed by atoms with Gasteiger partial charge < -0.3 is 25.3 Å². The van der Waals surface area contributed by atoms with Crippen molar-refractivity contribution in [3.05, 3.63) is 41.2 Å². The van der Waals surface area contributed by atoms with Crippen LogP contribution >= 0.6 is 0 Å². The van der Waals surface area contributed by atoms with Gasteiger partial charge in [-0.1, -0.05) is 6.92 Å². The van der Waals surface area contributed by atoms with Crippen molar-refractivity contribution in [2.24, 2.45) is 5.92 Å². The fraction of sp³-hybridized carbons (Fsp3) is 0.333. The maximum absolute atomic E-state index is 11.1. The second kappa shape index (κ2) is 7.92. The lowest BCUT2D eigenvalue weighted by Gasteiger charge is -2.22. The summed E-state index contributed by atoms with van der Waals surface area (Å²) in [7, 11) is 0. The van der Waals surface area contributed by atoms with Crippen LogP contribution in [0.25, 0.3) is 0 Å². The first-order chi connectivity index (χ1) is 10.8. The minimum absolute atomic E-state index is 0.0525. The van der Waals surface area contributed by atoms with Gasteiger partial charge in [-0.25, -0.2) is 14.6 Å². The number of aliphatic carboxylic acids is 2. The molecule has 4 N–H and O–H groups in total. The molecule has 0 radical (unpaired) electrons. The van der Waals surface area contributed by atoms with Gasteiger partial charge in [0.05, 0.1) is 12.2 Å². The minimum atomic E-state index is -1.30. The first-order valence-corrected chi connectivity index (χ1v) is 6.89. The van der Waals surface area contributed by atoms with E-state index >= 15 is 0 Å². The number of carboxylic acid groups (broad SMARTS) is 2. The monoisotopic (exact) mass is 321 g/mol. The Bertz CT molecular complexity index is 659. The molecular weight excluding hydrogens is 302 g/mol. The smallest absolute Gasteiger partial charge is 0.339 e. The van der Waals surface area contributed by atoms with Crippen LogP contribution in [-0.4, -0.2) is 44.4 Å². The zero-order valence-corrected chi connectivity index (χ0v) is 13.1. The maximum Gasteiger partial charge on any atom is 0.339 e. The molecule has 2 rings (SSSR count). The summed E-state index contributed by atoms with van der Waals surface area (Å²) in [5.41, 5.74) is -0.521. The van der Waals surface area contributed by atoms with Crippen molar-refractivity contribution >= 4 is 17.7 Å². The first-order valence-electron chi connectivity index (χ1n) is 6.89. The SMILES string of the molecule is CCOC1=C(C(=O)O)C(C)C(=N)C=C1C(=O)O.Cc1ncc[nH]1. The van der Waals surface area contributed by atoms with Gasteiger partial charge in [0.2, 0.25) is 0 Å². The molecule has 1 aromatic rings. The van der Waals surface area contributed by atoms with E-state index in [-0.39, 0.29) is 29.2 Å². The number of ether oxygens (including phenoxy) is 1. The van der Waals surface area contributed by atoms with Crippen LogP contribution in [0, 0.1) is 18.3 Å². The van der Waals surface area contributed by atoms with E-state index in [1.54, 1.807) is 19.3 Å². The molecule has 8 nitrogen and oxygen atoms in total. The summed E-state index contributed by atoms with van der Waals surface area (Å²) in [6.07, 6.45) is 4.66. The standard InChI is InChI=1S/C11H13NO5.C4H6N2/c1-3-17-9-6(10(13)14)4-7(12)5(2)8(9)11(15)16;1-4-5-2-3-6-4/h4-5,12H,3H2,1-2H3,(H,13,14)(H,15,16);2-3H,1H3,(H,5,6). The number of H-pyrrole nitrogens is 1. The molecule has 0 fully saturated rings. The number of allylic oxidation sites excluding steroid dienone is 1. The van der Waals surface area contributed by atoms with Crippen LogP contribution in [0.15, 0.2) is 35.4 Å². The van der Waals surface area contributed by atoms with Crippen LogP contribution in [0.2, 0.25) is 0 Å². The van der Waals surface area contributed by atoms with Crippen molar-refractivity contribution in [2.75, 3.05) is 6.61 Å². The van der Waals surface area contributed by atoms with Crippen molar-refractivity contribution in [1.82, 2.24) is 9.97 Å². The topological polar surface area (TPSA) is 136 Å². The summed E-state index contributed by atoms with van der Waals surface area (Å²) < 4.78 is 5.10. The van der Waals surface area contributed by atoms with E-state index in [0.29, 0.717) is 0 Å². The maximum atomic E-state index is 11.1. The highest BCUT2D eigenvalue weighted by atomic mass is 16.5. The van der Waals surface area contributed by atoms with Crippen molar-refractivity contribution in [1.29, 1.82) is 5.41 Å². The normalized spacial score (nSPS) is 17.1. The number of rotatable bonds is 4. The molecule has 124 valence electrons. The molecule has 1 aliphatic rings. The third-order valence-corrected chi connectivity index (χ3v) is 3.07. The number of nitrogens with zero attached hydrogens (tertiary/aromatic N) is 1. The molecule has 0 amide bonds. The Labute approximate surface area is 133 Å². The Morgan fingerprint density at radius 3 is 2.39 bits per heavy atom. The van der Waals surface area contributed by atoms with Crippen molar-refractivity contribution in [3.8, 4) is 0 Å². The van der Waals surface area contributed by atoms with Crippen LogP contribution in [0.5, 0.6) is 0 Å².